The summed E-state index contributed by atoms with van der Waals surface area (Å²) in [6.07, 6.45) is 0. The van der Waals surface area contributed by atoms with Crippen LogP contribution in [-0.2, 0) is 20.9 Å². The van der Waals surface area contributed by atoms with E-state index in [1.807, 2.05) is 6.07 Å². The smallest absolute Gasteiger partial charge is 0.348 e. The van der Waals surface area contributed by atoms with Gasteiger partial charge in [-0.2, -0.15) is 5.26 Å². The first-order chi connectivity index (χ1) is 13.4. The fourth-order valence-corrected chi connectivity index (χ4v) is 3.22. The Balaban J connectivity index is 2.06. The van der Waals surface area contributed by atoms with Crippen LogP contribution in [0.3, 0.4) is 0 Å². The van der Waals surface area contributed by atoms with Gasteiger partial charge in [0, 0.05) is 11.1 Å². The van der Waals surface area contributed by atoms with E-state index in [9.17, 15) is 19.6 Å². The molecule has 0 saturated heterocycles. The Bertz CT molecular complexity index is 918. The summed E-state index contributed by atoms with van der Waals surface area (Å²) in [7, 11) is 0. The third-order valence-corrected chi connectivity index (χ3v) is 4.74. The number of benzene rings is 1. The normalized spacial score (nSPS) is 11.2. The van der Waals surface area contributed by atoms with Crippen LogP contribution in [0, 0.1) is 11.3 Å². The van der Waals surface area contributed by atoms with Crippen LogP contribution in [0.5, 0.6) is 0 Å². The van der Waals surface area contributed by atoms with Crippen molar-refractivity contribution in [2.75, 3.05) is 12.3 Å². The number of esters is 2. The lowest BCUT2D eigenvalue weighted by atomic mass is 10.1. The van der Waals surface area contributed by atoms with Gasteiger partial charge in [0.05, 0.1) is 12.2 Å². The Morgan fingerprint density at radius 3 is 2.54 bits per heavy atom. The minimum Gasteiger partial charge on any atom is -0.462 e. The van der Waals surface area contributed by atoms with Gasteiger partial charge in [-0.1, -0.05) is 18.2 Å². The molecule has 3 N–H and O–H groups in total. The lowest BCUT2D eigenvalue weighted by Gasteiger charge is -2.14. The SMILES string of the molecule is CCOC(=O)c1sc(N)c(C#N)c1COC(=O)[C@H](C)NC(=O)c1ccccc1. The summed E-state index contributed by atoms with van der Waals surface area (Å²) >= 11 is 0.901. The van der Waals surface area contributed by atoms with E-state index in [-0.39, 0.29) is 34.2 Å². The van der Waals surface area contributed by atoms with Gasteiger partial charge in [0.25, 0.3) is 5.91 Å². The number of carbonyl (C=O) groups is 3. The Morgan fingerprint density at radius 1 is 1.25 bits per heavy atom. The van der Waals surface area contributed by atoms with Crippen molar-refractivity contribution in [2.45, 2.75) is 26.5 Å². The molecule has 0 unspecified atom stereocenters. The summed E-state index contributed by atoms with van der Waals surface area (Å²) in [6, 6.07) is 9.40. The van der Waals surface area contributed by atoms with Crippen molar-refractivity contribution < 1.29 is 23.9 Å². The van der Waals surface area contributed by atoms with Crippen molar-refractivity contribution in [3.63, 3.8) is 0 Å². The zero-order valence-corrected chi connectivity index (χ0v) is 16.2. The number of thiophene rings is 1. The van der Waals surface area contributed by atoms with E-state index >= 15 is 0 Å². The molecule has 9 heteroatoms. The molecule has 1 atom stereocenters. The topological polar surface area (TPSA) is 132 Å². The summed E-state index contributed by atoms with van der Waals surface area (Å²) in [5.41, 5.74) is 6.44. The molecule has 0 aliphatic carbocycles. The lowest BCUT2D eigenvalue weighted by molar-refractivity contribution is -0.146. The van der Waals surface area contributed by atoms with Gasteiger partial charge < -0.3 is 20.5 Å². The standard InChI is InChI=1S/C19H19N3O5S/c1-3-26-19(25)15-14(13(9-20)16(21)28-15)10-27-18(24)11(2)22-17(23)12-7-5-4-6-8-12/h4-8,11H,3,10,21H2,1-2H3,(H,22,23)/t11-/m0/s1. The minimum absolute atomic E-state index is 0.0711. The predicted molar refractivity (Wildman–Crippen MR) is 103 cm³/mol. The molecule has 8 nitrogen and oxygen atoms in total. The van der Waals surface area contributed by atoms with Crippen molar-refractivity contribution in [1.29, 1.82) is 5.26 Å². The van der Waals surface area contributed by atoms with Crippen LogP contribution in [0.25, 0.3) is 0 Å². The van der Waals surface area contributed by atoms with Crippen molar-refractivity contribution in [2.24, 2.45) is 0 Å². The maximum Gasteiger partial charge on any atom is 0.348 e. The van der Waals surface area contributed by atoms with Gasteiger partial charge >= 0.3 is 11.9 Å². The molecule has 2 aromatic rings. The molecule has 28 heavy (non-hydrogen) atoms. The van der Waals surface area contributed by atoms with Crippen molar-refractivity contribution in [1.82, 2.24) is 5.32 Å². The first-order valence-electron chi connectivity index (χ1n) is 8.39. The highest BCUT2D eigenvalue weighted by Gasteiger charge is 2.25. The summed E-state index contributed by atoms with van der Waals surface area (Å²) in [5.74, 6) is -1.78. The van der Waals surface area contributed by atoms with Gasteiger partial charge in [-0.05, 0) is 26.0 Å². The number of nitrogens with zero attached hydrogens (tertiary/aromatic N) is 1. The number of nitrogens with two attached hydrogens (primary N) is 1. The van der Waals surface area contributed by atoms with E-state index in [2.05, 4.69) is 5.32 Å². The molecule has 1 aromatic carbocycles. The Labute approximate surface area is 165 Å². The fraction of sp³-hybridized carbons (Fsp3) is 0.263. The zero-order chi connectivity index (χ0) is 20.7. The number of nitriles is 1. The summed E-state index contributed by atoms with van der Waals surface area (Å²) in [5, 5.41) is 11.9. The maximum atomic E-state index is 12.2. The maximum absolute atomic E-state index is 12.2. The number of nitrogens with one attached hydrogen (secondary N) is 1. The second-order valence-electron chi connectivity index (χ2n) is 5.65. The predicted octanol–water partition coefficient (Wildman–Crippen LogP) is 2.24. The molecule has 2 rings (SSSR count). The molecule has 146 valence electrons. The van der Waals surface area contributed by atoms with Crippen LogP contribution < -0.4 is 11.1 Å². The van der Waals surface area contributed by atoms with Crippen molar-refractivity contribution in [3.05, 3.63) is 51.9 Å². The monoisotopic (exact) mass is 401 g/mol. The summed E-state index contributed by atoms with van der Waals surface area (Å²) in [6.45, 7) is 2.94. The number of anilines is 1. The highest BCUT2D eigenvalue weighted by atomic mass is 32.1. The van der Waals surface area contributed by atoms with Gasteiger partial charge in [-0.25, -0.2) is 9.59 Å². The zero-order valence-electron chi connectivity index (χ0n) is 15.4. The van der Waals surface area contributed by atoms with E-state index in [1.54, 1.807) is 37.3 Å². The Hall–Kier alpha value is -3.38. The third-order valence-electron chi connectivity index (χ3n) is 3.70. The van der Waals surface area contributed by atoms with Crippen LogP contribution >= 0.6 is 11.3 Å². The molecule has 0 saturated carbocycles. The molecule has 0 spiro atoms. The van der Waals surface area contributed by atoms with Gasteiger partial charge in [-0.3, -0.25) is 4.79 Å². The number of amides is 1. The molecule has 1 heterocycles. The number of hydrogen-bond acceptors (Lipinski definition) is 8. The molecule has 1 amide bonds. The van der Waals surface area contributed by atoms with Crippen LogP contribution in [0.2, 0.25) is 0 Å². The molecule has 1 aromatic heterocycles. The highest BCUT2D eigenvalue weighted by molar-refractivity contribution is 7.18. The largest absolute Gasteiger partial charge is 0.462 e. The number of nitrogen functional groups attached to an aromatic ring is 1. The molecule has 0 fully saturated rings. The first kappa shape index (κ1) is 20.9. The van der Waals surface area contributed by atoms with Crippen LogP contribution in [0.15, 0.2) is 30.3 Å². The van der Waals surface area contributed by atoms with E-state index in [0.29, 0.717) is 5.56 Å². The fourth-order valence-electron chi connectivity index (χ4n) is 2.30. The number of ether oxygens (including phenoxy) is 2. The van der Waals surface area contributed by atoms with Gasteiger partial charge in [0.1, 0.15) is 28.6 Å². The first-order valence-corrected chi connectivity index (χ1v) is 9.21. The van der Waals surface area contributed by atoms with Crippen LogP contribution in [-0.4, -0.2) is 30.5 Å². The van der Waals surface area contributed by atoms with Crippen LogP contribution in [0.4, 0.5) is 5.00 Å². The molecule has 0 aliphatic heterocycles. The second kappa shape index (κ2) is 9.53. The Kier molecular flexibility index (Phi) is 7.12. The van der Waals surface area contributed by atoms with E-state index < -0.39 is 23.9 Å². The van der Waals surface area contributed by atoms with Gasteiger partial charge in [0.2, 0.25) is 0 Å². The van der Waals surface area contributed by atoms with Gasteiger partial charge in [0.15, 0.2) is 0 Å². The van der Waals surface area contributed by atoms with Crippen molar-refractivity contribution in [3.8, 4) is 6.07 Å². The lowest BCUT2D eigenvalue weighted by Crippen LogP contribution is -2.39. The quantitative estimate of drug-likeness (QED) is 0.680. The van der Waals surface area contributed by atoms with E-state index in [1.165, 1.54) is 6.92 Å². The molecule has 0 bridgehead atoms. The van der Waals surface area contributed by atoms with E-state index in [0.717, 1.165) is 11.3 Å². The van der Waals surface area contributed by atoms with Crippen LogP contribution in [0.1, 0.15) is 45.0 Å². The second-order valence-corrected chi connectivity index (χ2v) is 6.70. The van der Waals surface area contributed by atoms with Crippen molar-refractivity contribution >= 4 is 34.2 Å². The number of carbonyl (C=O) groups excluding carboxylic acids is 3. The third kappa shape index (κ3) is 4.86. The molecular formula is C19H19N3O5S. The van der Waals surface area contributed by atoms with Gasteiger partial charge in [-0.15, -0.1) is 11.3 Å². The summed E-state index contributed by atoms with van der Waals surface area (Å²) in [4.78, 5) is 36.5. The molecular weight excluding hydrogens is 382 g/mol. The minimum atomic E-state index is -0.930. The average Bonchev–Trinajstić information content (AvgIpc) is 3.02. The number of hydrogen-bond donors (Lipinski definition) is 2. The van der Waals surface area contributed by atoms with E-state index in [4.69, 9.17) is 15.2 Å². The Morgan fingerprint density at radius 2 is 1.93 bits per heavy atom. The molecule has 0 aliphatic rings. The summed E-state index contributed by atoms with van der Waals surface area (Å²) < 4.78 is 10.1. The average molecular weight is 401 g/mol. The number of rotatable bonds is 7. The molecule has 0 radical (unpaired) electrons. The highest BCUT2D eigenvalue weighted by Crippen LogP contribution is 2.31.